The minimum absolute atomic E-state index is 0.218. The van der Waals surface area contributed by atoms with Crippen LogP contribution < -0.4 is 4.74 Å². The monoisotopic (exact) mass is 238 g/mol. The summed E-state index contributed by atoms with van der Waals surface area (Å²) in [5, 5.41) is 0. The number of hydrogen-bond acceptors (Lipinski definition) is 1. The van der Waals surface area contributed by atoms with Crippen molar-refractivity contribution in [1.29, 1.82) is 0 Å². The molecule has 2 aromatic carbocycles. The third-order valence-electron chi connectivity index (χ3n) is 2.52. The zero-order valence-corrected chi connectivity index (χ0v) is 10.8. The van der Waals surface area contributed by atoms with Gasteiger partial charge < -0.3 is 4.74 Å². The van der Waals surface area contributed by atoms with Gasteiger partial charge in [0.15, 0.2) is 0 Å². The number of benzene rings is 2. The molecule has 2 aromatic rings. The summed E-state index contributed by atoms with van der Waals surface area (Å²) in [6.45, 7) is 4.06. The van der Waals surface area contributed by atoms with Crippen molar-refractivity contribution >= 4 is 12.2 Å². The van der Waals surface area contributed by atoms with Crippen LogP contribution in [0.3, 0.4) is 0 Å². The second kappa shape index (κ2) is 6.06. The van der Waals surface area contributed by atoms with Crippen molar-refractivity contribution < 1.29 is 4.74 Å². The van der Waals surface area contributed by atoms with Gasteiger partial charge >= 0.3 is 0 Å². The van der Waals surface area contributed by atoms with Gasteiger partial charge in [-0.05, 0) is 37.1 Å². The topological polar surface area (TPSA) is 9.23 Å². The molecule has 0 saturated carbocycles. The van der Waals surface area contributed by atoms with Crippen molar-refractivity contribution in [2.24, 2.45) is 0 Å². The molecule has 0 unspecified atom stereocenters. The van der Waals surface area contributed by atoms with Crippen molar-refractivity contribution in [1.82, 2.24) is 0 Å². The average Bonchev–Trinajstić information content (AvgIpc) is 2.38. The zero-order valence-electron chi connectivity index (χ0n) is 10.8. The van der Waals surface area contributed by atoms with E-state index < -0.39 is 0 Å². The van der Waals surface area contributed by atoms with E-state index in [0.717, 1.165) is 5.75 Å². The molecule has 0 aliphatic carbocycles. The van der Waals surface area contributed by atoms with Gasteiger partial charge in [-0.15, -0.1) is 0 Å². The van der Waals surface area contributed by atoms with Crippen LogP contribution >= 0.6 is 0 Å². The van der Waals surface area contributed by atoms with Crippen LogP contribution in [0.5, 0.6) is 5.75 Å². The van der Waals surface area contributed by atoms with Crippen LogP contribution in [-0.4, -0.2) is 6.10 Å². The van der Waals surface area contributed by atoms with Gasteiger partial charge in [0.25, 0.3) is 0 Å². The first-order valence-corrected chi connectivity index (χ1v) is 6.24. The van der Waals surface area contributed by atoms with E-state index in [1.807, 2.05) is 44.2 Å². The lowest BCUT2D eigenvalue weighted by Gasteiger charge is -2.09. The van der Waals surface area contributed by atoms with Crippen LogP contribution in [0.1, 0.15) is 25.0 Å². The van der Waals surface area contributed by atoms with Crippen LogP contribution in [-0.2, 0) is 0 Å². The van der Waals surface area contributed by atoms with E-state index in [9.17, 15) is 0 Å². The lowest BCUT2D eigenvalue weighted by Crippen LogP contribution is -2.05. The molecule has 0 atom stereocenters. The molecular formula is C17H18O. The molecule has 0 aromatic heterocycles. The van der Waals surface area contributed by atoms with E-state index in [0.29, 0.717) is 0 Å². The molecule has 0 amide bonds. The average molecular weight is 238 g/mol. The van der Waals surface area contributed by atoms with Gasteiger partial charge in [-0.2, -0.15) is 0 Å². The maximum Gasteiger partial charge on any atom is 0.119 e. The summed E-state index contributed by atoms with van der Waals surface area (Å²) in [6, 6.07) is 18.4. The van der Waals surface area contributed by atoms with Crippen LogP contribution in [0.4, 0.5) is 0 Å². The van der Waals surface area contributed by atoms with Crippen LogP contribution in [0.15, 0.2) is 54.6 Å². The summed E-state index contributed by atoms with van der Waals surface area (Å²) in [6.07, 6.45) is 4.43. The molecule has 0 radical (unpaired) electrons. The summed E-state index contributed by atoms with van der Waals surface area (Å²) in [4.78, 5) is 0. The second-order valence-corrected chi connectivity index (χ2v) is 4.48. The molecule has 0 fully saturated rings. The second-order valence-electron chi connectivity index (χ2n) is 4.48. The van der Waals surface area contributed by atoms with Crippen LogP contribution in [0.25, 0.3) is 12.2 Å². The fourth-order valence-corrected chi connectivity index (χ4v) is 1.69. The van der Waals surface area contributed by atoms with Crippen molar-refractivity contribution in [3.05, 3.63) is 65.7 Å². The predicted octanol–water partition coefficient (Wildman–Crippen LogP) is 4.64. The van der Waals surface area contributed by atoms with E-state index in [4.69, 9.17) is 4.74 Å². The zero-order chi connectivity index (χ0) is 12.8. The Kier molecular flexibility index (Phi) is 4.19. The maximum atomic E-state index is 5.61. The lowest BCUT2D eigenvalue weighted by molar-refractivity contribution is 0.242. The summed E-state index contributed by atoms with van der Waals surface area (Å²) in [5.74, 6) is 0.918. The molecule has 0 aliphatic heterocycles. The largest absolute Gasteiger partial charge is 0.491 e. The van der Waals surface area contributed by atoms with Gasteiger partial charge in [0, 0.05) is 0 Å². The molecule has 0 aliphatic rings. The minimum atomic E-state index is 0.218. The lowest BCUT2D eigenvalue weighted by atomic mass is 10.1. The Hall–Kier alpha value is -2.02. The molecule has 0 heterocycles. The molecule has 1 nitrogen and oxygen atoms in total. The van der Waals surface area contributed by atoms with Crippen molar-refractivity contribution in [2.75, 3.05) is 0 Å². The highest BCUT2D eigenvalue weighted by atomic mass is 16.5. The number of hydrogen-bond donors (Lipinski definition) is 0. The number of ether oxygens (including phenoxy) is 1. The highest BCUT2D eigenvalue weighted by molar-refractivity contribution is 5.69. The standard InChI is InChI=1S/C17H18O/c1-14(2)18-17-12-10-16(11-13-17)9-8-15-6-4-3-5-7-15/h3-14H,1-2H3/b9-8-. The highest BCUT2D eigenvalue weighted by Gasteiger charge is 1.96. The molecule has 0 bridgehead atoms. The van der Waals surface area contributed by atoms with E-state index in [1.54, 1.807) is 0 Å². The third-order valence-corrected chi connectivity index (χ3v) is 2.52. The normalized spacial score (nSPS) is 11.1. The molecule has 0 N–H and O–H groups in total. The van der Waals surface area contributed by atoms with Crippen LogP contribution in [0, 0.1) is 0 Å². The van der Waals surface area contributed by atoms with Crippen molar-refractivity contribution in [2.45, 2.75) is 20.0 Å². The Balaban J connectivity index is 2.04. The van der Waals surface area contributed by atoms with E-state index in [-0.39, 0.29) is 6.10 Å². The Morgan fingerprint density at radius 1 is 0.778 bits per heavy atom. The predicted molar refractivity (Wildman–Crippen MR) is 77.6 cm³/mol. The first-order valence-electron chi connectivity index (χ1n) is 6.24. The molecule has 18 heavy (non-hydrogen) atoms. The van der Waals surface area contributed by atoms with Crippen molar-refractivity contribution in [3.8, 4) is 5.75 Å². The molecule has 0 spiro atoms. The van der Waals surface area contributed by atoms with Crippen LogP contribution in [0.2, 0.25) is 0 Å². The molecule has 1 heteroatoms. The maximum absolute atomic E-state index is 5.61. The van der Waals surface area contributed by atoms with Gasteiger partial charge in [0.2, 0.25) is 0 Å². The Bertz CT molecular complexity index is 495. The first kappa shape index (κ1) is 12.4. The quantitative estimate of drug-likeness (QED) is 0.705. The summed E-state index contributed by atoms with van der Waals surface area (Å²) in [5.41, 5.74) is 2.38. The summed E-state index contributed by atoms with van der Waals surface area (Å²) in [7, 11) is 0. The highest BCUT2D eigenvalue weighted by Crippen LogP contribution is 2.15. The van der Waals surface area contributed by atoms with Gasteiger partial charge in [-0.3, -0.25) is 0 Å². The smallest absolute Gasteiger partial charge is 0.119 e. The van der Waals surface area contributed by atoms with Gasteiger partial charge in [0.05, 0.1) is 6.10 Å². The fourth-order valence-electron chi connectivity index (χ4n) is 1.69. The third kappa shape index (κ3) is 3.77. The van der Waals surface area contributed by atoms with Crippen molar-refractivity contribution in [3.63, 3.8) is 0 Å². The molecule has 2 rings (SSSR count). The summed E-state index contributed by atoms with van der Waals surface area (Å²) < 4.78 is 5.61. The first-order chi connectivity index (χ1) is 8.74. The van der Waals surface area contributed by atoms with E-state index >= 15 is 0 Å². The molecular weight excluding hydrogens is 220 g/mol. The SMILES string of the molecule is CC(C)Oc1ccc(/C=C\c2ccccc2)cc1. The van der Waals surface area contributed by atoms with E-state index in [2.05, 4.69) is 36.4 Å². The van der Waals surface area contributed by atoms with Gasteiger partial charge in [-0.1, -0.05) is 54.6 Å². The Morgan fingerprint density at radius 2 is 1.33 bits per heavy atom. The van der Waals surface area contributed by atoms with E-state index in [1.165, 1.54) is 11.1 Å². The van der Waals surface area contributed by atoms with Gasteiger partial charge in [0.1, 0.15) is 5.75 Å². The molecule has 92 valence electrons. The number of rotatable bonds is 4. The Morgan fingerprint density at radius 3 is 1.89 bits per heavy atom. The minimum Gasteiger partial charge on any atom is -0.491 e. The Labute approximate surface area is 109 Å². The van der Waals surface area contributed by atoms with Gasteiger partial charge in [-0.25, -0.2) is 0 Å². The molecule has 0 saturated heterocycles. The fraction of sp³-hybridized carbons (Fsp3) is 0.176. The summed E-state index contributed by atoms with van der Waals surface area (Å²) >= 11 is 0.